The van der Waals surface area contributed by atoms with Crippen LogP contribution in [0.5, 0.6) is 0 Å². The van der Waals surface area contributed by atoms with E-state index in [-0.39, 0.29) is 41.6 Å². The van der Waals surface area contributed by atoms with Crippen molar-refractivity contribution in [2.45, 2.75) is 69.4 Å². The molecule has 3 atom stereocenters. The Bertz CT molecular complexity index is 1880. The molecule has 2 amide bonds. The van der Waals surface area contributed by atoms with E-state index in [4.69, 9.17) is 15.7 Å². The summed E-state index contributed by atoms with van der Waals surface area (Å²) in [5, 5.41) is 15.1. The Balaban J connectivity index is 1.11. The van der Waals surface area contributed by atoms with E-state index in [9.17, 15) is 9.59 Å². The van der Waals surface area contributed by atoms with Gasteiger partial charge in [0.2, 0.25) is 17.7 Å². The van der Waals surface area contributed by atoms with Crippen LogP contribution in [0.4, 0.5) is 11.8 Å². The van der Waals surface area contributed by atoms with Crippen LogP contribution < -0.4 is 11.1 Å². The van der Waals surface area contributed by atoms with Crippen LogP contribution in [0.15, 0.2) is 54.9 Å². The summed E-state index contributed by atoms with van der Waals surface area (Å²) < 4.78 is 1.78. The molecule has 2 saturated heterocycles. The molecule has 0 unspecified atom stereocenters. The van der Waals surface area contributed by atoms with Crippen molar-refractivity contribution in [3.8, 4) is 22.4 Å². The number of benzene rings is 1. The fourth-order valence-electron chi connectivity index (χ4n) is 7.12. The fraction of sp³-hybridized carbons (Fsp3) is 0.344. The molecule has 6 heterocycles. The van der Waals surface area contributed by atoms with E-state index in [1.54, 1.807) is 4.52 Å². The number of carbonyl (C=O) groups excluding carboxylic acids is 2. The highest BCUT2D eigenvalue weighted by Gasteiger charge is 2.46. The standard InChI is InChI=1S/C32H32N10O2/c1-17(43)36-32-38-29(39-40-32)31(44)41-22-10-11-23(41)14-21(13-22)27-26(19-7-8-19)28(33)42-30(37-27)24(16-35-42)20-9-12-25(34-15-20)18-5-3-2-4-6-18/h2-6,9,12,15-16,19,21-23H,7-8,10-11,13-14,33H2,1H3,(H2,36,38,39,40,43)/t21-,22-,23+. The Morgan fingerprint density at radius 2 is 1.70 bits per heavy atom. The van der Waals surface area contributed by atoms with Crippen molar-refractivity contribution in [2.24, 2.45) is 0 Å². The lowest BCUT2D eigenvalue weighted by Crippen LogP contribution is -2.46. The fourth-order valence-corrected chi connectivity index (χ4v) is 7.12. The van der Waals surface area contributed by atoms with Crippen molar-refractivity contribution in [1.29, 1.82) is 0 Å². The summed E-state index contributed by atoms with van der Waals surface area (Å²) in [7, 11) is 0. The first-order chi connectivity index (χ1) is 21.4. The van der Waals surface area contributed by atoms with E-state index >= 15 is 0 Å². The van der Waals surface area contributed by atoms with Crippen LogP contribution in [-0.2, 0) is 4.79 Å². The van der Waals surface area contributed by atoms with E-state index < -0.39 is 0 Å². The molecular formula is C32H32N10O2. The number of amides is 2. The molecule has 5 aromatic rings. The molecular weight excluding hydrogens is 556 g/mol. The van der Waals surface area contributed by atoms with Gasteiger partial charge in [0, 0.05) is 53.4 Å². The molecule has 4 N–H and O–H groups in total. The minimum atomic E-state index is -0.280. The molecule has 1 aliphatic carbocycles. The number of nitrogens with two attached hydrogens (primary N) is 1. The van der Waals surface area contributed by atoms with Gasteiger partial charge in [-0.1, -0.05) is 36.4 Å². The number of carbonyl (C=O) groups is 2. The third-order valence-electron chi connectivity index (χ3n) is 9.22. The van der Waals surface area contributed by atoms with Crippen LogP contribution >= 0.6 is 0 Å². The molecule has 8 rings (SSSR count). The van der Waals surface area contributed by atoms with E-state index in [1.165, 1.54) is 6.92 Å². The van der Waals surface area contributed by atoms with Gasteiger partial charge in [-0.05, 0) is 50.5 Å². The van der Waals surface area contributed by atoms with Gasteiger partial charge in [-0.2, -0.15) is 9.61 Å². The van der Waals surface area contributed by atoms with E-state index in [0.29, 0.717) is 11.7 Å². The number of hydrogen-bond acceptors (Lipinski definition) is 8. The largest absolute Gasteiger partial charge is 0.383 e. The zero-order valence-electron chi connectivity index (χ0n) is 24.3. The number of fused-ring (bicyclic) bond motifs is 3. The van der Waals surface area contributed by atoms with Crippen molar-refractivity contribution < 1.29 is 9.59 Å². The first-order valence-electron chi connectivity index (χ1n) is 15.2. The van der Waals surface area contributed by atoms with Crippen molar-refractivity contribution in [3.05, 3.63) is 71.9 Å². The summed E-state index contributed by atoms with van der Waals surface area (Å²) in [4.78, 5) is 39.8. The Morgan fingerprint density at radius 1 is 0.932 bits per heavy atom. The summed E-state index contributed by atoms with van der Waals surface area (Å²) in [6, 6.07) is 14.3. The molecule has 3 fully saturated rings. The second kappa shape index (κ2) is 10.2. The lowest BCUT2D eigenvalue weighted by Gasteiger charge is -2.39. The third kappa shape index (κ3) is 4.48. The number of nitrogen functional groups attached to an aromatic ring is 1. The average molecular weight is 589 g/mol. The first kappa shape index (κ1) is 26.5. The summed E-state index contributed by atoms with van der Waals surface area (Å²) in [5.41, 5.74) is 13.5. The van der Waals surface area contributed by atoms with Gasteiger partial charge in [-0.25, -0.2) is 4.98 Å². The molecule has 2 aliphatic heterocycles. The number of anilines is 2. The highest BCUT2D eigenvalue weighted by atomic mass is 16.2. The molecule has 0 radical (unpaired) electrons. The van der Waals surface area contributed by atoms with E-state index in [0.717, 1.165) is 77.8 Å². The predicted octanol–water partition coefficient (Wildman–Crippen LogP) is 4.55. The van der Waals surface area contributed by atoms with Crippen molar-refractivity contribution in [1.82, 2.24) is 39.7 Å². The number of aromatic amines is 1. The van der Waals surface area contributed by atoms with Crippen molar-refractivity contribution in [2.75, 3.05) is 11.1 Å². The quantitative estimate of drug-likeness (QED) is 0.261. The molecule has 4 aromatic heterocycles. The van der Waals surface area contributed by atoms with Crippen LogP contribution in [0.3, 0.4) is 0 Å². The van der Waals surface area contributed by atoms with Crippen LogP contribution in [0.1, 0.15) is 79.2 Å². The van der Waals surface area contributed by atoms with Crippen LogP contribution in [0.25, 0.3) is 28.0 Å². The SMILES string of the molecule is CC(=O)Nc1nnc(C(=O)N2[C@@H]3CC[C@H]2C[C@H](c2nc4c(-c5ccc(-c6ccccc6)nc5)cnn4c(N)c2C2CC2)C3)[nH]1. The second-order valence-corrected chi connectivity index (χ2v) is 12.1. The van der Waals surface area contributed by atoms with Gasteiger partial charge in [0.15, 0.2) is 5.65 Å². The third-order valence-corrected chi connectivity index (χ3v) is 9.22. The number of piperidine rings is 1. The number of aromatic nitrogens is 7. The number of rotatable bonds is 6. The molecule has 222 valence electrons. The molecule has 12 heteroatoms. The van der Waals surface area contributed by atoms with Gasteiger partial charge in [0.25, 0.3) is 5.91 Å². The Kier molecular flexibility index (Phi) is 6.17. The first-order valence-corrected chi connectivity index (χ1v) is 15.2. The number of nitrogens with one attached hydrogen (secondary N) is 2. The molecule has 2 bridgehead atoms. The Morgan fingerprint density at radius 3 is 2.39 bits per heavy atom. The number of H-pyrrole nitrogens is 1. The lowest BCUT2D eigenvalue weighted by atomic mass is 9.85. The molecule has 1 aromatic carbocycles. The summed E-state index contributed by atoms with van der Waals surface area (Å²) >= 11 is 0. The number of pyridine rings is 1. The van der Waals surface area contributed by atoms with Crippen molar-refractivity contribution >= 4 is 29.2 Å². The van der Waals surface area contributed by atoms with Crippen LogP contribution in [0, 0.1) is 0 Å². The Labute approximate surface area is 253 Å². The molecule has 44 heavy (non-hydrogen) atoms. The van der Waals surface area contributed by atoms with Gasteiger partial charge in [0.1, 0.15) is 5.82 Å². The smallest absolute Gasteiger partial charge is 0.292 e. The zero-order chi connectivity index (χ0) is 29.9. The van der Waals surface area contributed by atoms with Gasteiger partial charge < -0.3 is 15.6 Å². The molecule has 12 nitrogen and oxygen atoms in total. The average Bonchev–Trinajstić information content (AvgIpc) is 3.50. The van der Waals surface area contributed by atoms with E-state index in [1.807, 2.05) is 53.7 Å². The van der Waals surface area contributed by atoms with Crippen LogP contribution in [0.2, 0.25) is 0 Å². The number of nitrogens with zero attached hydrogens (tertiary/aromatic N) is 7. The van der Waals surface area contributed by atoms with Gasteiger partial charge in [-0.15, -0.1) is 10.2 Å². The Hall–Kier alpha value is -5.13. The minimum Gasteiger partial charge on any atom is -0.383 e. The maximum absolute atomic E-state index is 13.5. The van der Waals surface area contributed by atoms with E-state index in [2.05, 4.69) is 31.7 Å². The highest BCUT2D eigenvalue weighted by molar-refractivity contribution is 5.92. The van der Waals surface area contributed by atoms with Gasteiger partial charge >= 0.3 is 0 Å². The zero-order valence-corrected chi connectivity index (χ0v) is 24.3. The molecule has 1 saturated carbocycles. The van der Waals surface area contributed by atoms with Crippen molar-refractivity contribution in [3.63, 3.8) is 0 Å². The predicted molar refractivity (Wildman–Crippen MR) is 164 cm³/mol. The molecule has 3 aliphatic rings. The second-order valence-electron chi connectivity index (χ2n) is 12.1. The topological polar surface area (TPSA) is 160 Å². The summed E-state index contributed by atoms with van der Waals surface area (Å²) in [6.45, 7) is 1.38. The number of hydrogen-bond donors (Lipinski definition) is 3. The molecule has 0 spiro atoms. The lowest BCUT2D eigenvalue weighted by molar-refractivity contribution is -0.114. The van der Waals surface area contributed by atoms with Gasteiger partial charge in [0.05, 0.1) is 17.6 Å². The maximum atomic E-state index is 13.5. The van der Waals surface area contributed by atoms with Gasteiger partial charge in [-0.3, -0.25) is 19.9 Å². The van der Waals surface area contributed by atoms with Crippen LogP contribution in [-0.4, -0.2) is 63.6 Å². The summed E-state index contributed by atoms with van der Waals surface area (Å²) in [6.07, 6.45) is 9.33. The monoisotopic (exact) mass is 588 g/mol. The maximum Gasteiger partial charge on any atom is 0.292 e. The summed E-state index contributed by atoms with van der Waals surface area (Å²) in [5.74, 6) is 1.07. The normalized spacial score (nSPS) is 21.1. The minimum absolute atomic E-state index is 0.0611. The highest BCUT2D eigenvalue weighted by Crippen LogP contribution is 2.50.